The normalized spacial score (nSPS) is 37.4. The highest BCUT2D eigenvalue weighted by molar-refractivity contribution is 6.74. The Morgan fingerprint density at radius 1 is 0.855 bits per heavy atom. The predicted octanol–water partition coefficient (Wildman–Crippen LogP) is 14.0. The highest BCUT2D eigenvalue weighted by atomic mass is 28.4. The van der Waals surface area contributed by atoms with Gasteiger partial charge in [-0.15, -0.1) is 0 Å². The summed E-state index contributed by atoms with van der Waals surface area (Å²) in [4.78, 5) is 43.1. The number of Topliss-reactive ketones (excluding diaryl/α,β-unsaturated/α-hetero) is 1. The third-order valence-electron chi connectivity index (χ3n) is 19.9. The van der Waals surface area contributed by atoms with Crippen LogP contribution in [-0.4, -0.2) is 107 Å². The zero-order chi connectivity index (χ0) is 55.9. The molecule has 0 aromatic rings. The SMILES string of the molecule is C=CCOC(=O)NC[C@@H](C)[C@H](C)C[C@@]12CCC(C(=O)OC(C)(C)C)=C[C@H]1[C@H]1O[C@@]3(C[C@@H]4CCC[C@]5(CC[C@]6(O[C@H](CC[C@]6(C)O[Si](CC)(CC)CC)CC(=C)CCCC2=O)O5)O4)C[C@H](C)[C@H](O[Si](C)(C)C(C)(C)C)[C@@H]1O3. The van der Waals surface area contributed by atoms with Crippen molar-refractivity contribution in [2.24, 2.45) is 29.1 Å². The van der Waals surface area contributed by atoms with Gasteiger partial charge in [0.1, 0.15) is 29.7 Å². The minimum atomic E-state index is -2.42. The lowest BCUT2D eigenvalue weighted by molar-refractivity contribution is -0.400. The Hall–Kier alpha value is -2.22. The van der Waals surface area contributed by atoms with E-state index < -0.39 is 74.8 Å². The van der Waals surface area contributed by atoms with Crippen molar-refractivity contribution in [3.05, 3.63) is 36.5 Å². The molecule has 7 aliphatic rings. The summed E-state index contributed by atoms with van der Waals surface area (Å²) in [6.45, 7) is 41.5. The molecule has 14 atom stereocenters. The van der Waals surface area contributed by atoms with Gasteiger partial charge >= 0.3 is 12.1 Å². The van der Waals surface area contributed by atoms with Crippen molar-refractivity contribution >= 4 is 34.5 Å². The molecule has 6 aliphatic heterocycles. The maximum atomic E-state index is 16.0. The van der Waals surface area contributed by atoms with Crippen LogP contribution in [-0.2, 0) is 51.6 Å². The molecule has 6 fully saturated rings. The number of carbonyl (C=O) groups excluding carboxylic acids is 3. The summed E-state index contributed by atoms with van der Waals surface area (Å²) >= 11 is 0. The smallest absolute Gasteiger partial charge is 0.407 e. The van der Waals surface area contributed by atoms with E-state index >= 15 is 4.79 Å². The summed E-state index contributed by atoms with van der Waals surface area (Å²) in [6.07, 6.45) is 11.3. The Balaban J connectivity index is 1.35. The standard InChI is InChI=1S/C61H103NO12Si2/c1-18-34-66-54(65)62-40-44(8)42(6)37-58-31-27-45(53(64)71-55(9,10)11)36-48(58)51-52-50(72-75(16,17)56(12,13)14)43(7)38-60(69-51,70-52)39-47-25-23-29-59(67-47)32-33-61(73-59)57(15,74-76(19-2,20-3)21-4)30-28-46(68-61)35-41(5)24-22-26-49(58)63/h18,36,42-44,46-48,50-52H,1,5,19-35,37-40H2,2-4,6-17H3,(H,62,65)/t42-,43+,44-,46-,47+,48+,50+,51-,52+,57+,58+,59+,60+,61+/m1/s1. The molecule has 7 rings (SSSR count). The van der Waals surface area contributed by atoms with E-state index in [2.05, 4.69) is 107 Å². The highest BCUT2D eigenvalue weighted by Gasteiger charge is 2.68. The fourth-order valence-corrected chi connectivity index (χ4v) is 18.6. The van der Waals surface area contributed by atoms with Crippen LogP contribution in [0.2, 0.25) is 36.3 Å². The number of ketones is 1. The summed E-state index contributed by atoms with van der Waals surface area (Å²) in [5.41, 5.74) is -0.745. The fraction of sp³-hybridized carbons (Fsp3) is 0.852. The molecular weight excluding hydrogens is 995 g/mol. The van der Waals surface area contributed by atoms with Gasteiger partial charge in [0, 0.05) is 62.0 Å². The molecule has 1 N–H and O–H groups in total. The quantitative estimate of drug-likeness (QED) is 0.0946. The summed E-state index contributed by atoms with van der Waals surface area (Å²) in [6, 6.07) is 3.09. The first-order valence-corrected chi connectivity index (χ1v) is 35.3. The highest BCUT2D eigenvalue weighted by Crippen LogP contribution is 2.60. The molecule has 0 radical (unpaired) electrons. The molecule has 1 aliphatic carbocycles. The average Bonchev–Trinajstić information content (AvgIpc) is 3.85. The van der Waals surface area contributed by atoms with Gasteiger partial charge in [-0.3, -0.25) is 4.79 Å². The van der Waals surface area contributed by atoms with Gasteiger partial charge < -0.3 is 47.3 Å². The third-order valence-corrected chi connectivity index (χ3v) is 29.1. The summed E-state index contributed by atoms with van der Waals surface area (Å²) in [5, 5.41) is 2.86. The van der Waals surface area contributed by atoms with Crippen molar-refractivity contribution in [3.8, 4) is 0 Å². The average molecular weight is 1100 g/mol. The Morgan fingerprint density at radius 3 is 2.21 bits per heavy atom. The van der Waals surface area contributed by atoms with Gasteiger partial charge in [0.25, 0.3) is 0 Å². The number of rotatable bonds is 15. The van der Waals surface area contributed by atoms with Crippen molar-refractivity contribution in [1.29, 1.82) is 0 Å². The van der Waals surface area contributed by atoms with E-state index in [4.69, 9.17) is 42.0 Å². The van der Waals surface area contributed by atoms with Crippen LogP contribution in [0.4, 0.5) is 4.79 Å². The second-order valence-electron chi connectivity index (χ2n) is 27.6. The predicted molar refractivity (Wildman–Crippen MR) is 302 cm³/mol. The molecule has 76 heavy (non-hydrogen) atoms. The lowest BCUT2D eigenvalue weighted by Crippen LogP contribution is -2.65. The Kier molecular flexibility index (Phi) is 18.9. The van der Waals surface area contributed by atoms with Crippen LogP contribution >= 0.6 is 0 Å². The van der Waals surface area contributed by atoms with Crippen LogP contribution in [0.5, 0.6) is 0 Å². The van der Waals surface area contributed by atoms with Crippen LogP contribution < -0.4 is 5.32 Å². The second kappa shape index (κ2) is 23.3. The first kappa shape index (κ1) is 61.4. The third kappa shape index (κ3) is 12.9. The van der Waals surface area contributed by atoms with Gasteiger partial charge in [-0.25, -0.2) is 9.59 Å². The zero-order valence-electron chi connectivity index (χ0n) is 50.0. The topological polar surface area (TPSA) is 146 Å². The molecule has 13 nitrogen and oxygen atoms in total. The number of nitrogens with one attached hydrogen (secondary N) is 1. The summed E-state index contributed by atoms with van der Waals surface area (Å²) in [5.74, 6) is -3.77. The molecule has 0 aromatic carbocycles. The number of fused-ring (bicyclic) bond motifs is 7. The molecule has 6 saturated heterocycles. The maximum absolute atomic E-state index is 16.0. The molecule has 6 heterocycles. The van der Waals surface area contributed by atoms with E-state index in [-0.39, 0.29) is 59.5 Å². The Labute approximate surface area is 461 Å². The van der Waals surface area contributed by atoms with E-state index in [9.17, 15) is 9.59 Å². The van der Waals surface area contributed by atoms with E-state index in [0.717, 1.165) is 55.8 Å². The van der Waals surface area contributed by atoms with Gasteiger partial charge in [0.05, 0.1) is 24.4 Å². The van der Waals surface area contributed by atoms with Crippen molar-refractivity contribution in [1.82, 2.24) is 5.32 Å². The molecular formula is C61H103NO12Si2. The molecule has 7 bridgehead atoms. The number of hydrogen-bond donors (Lipinski definition) is 1. The van der Waals surface area contributed by atoms with E-state index in [1.54, 1.807) is 6.08 Å². The van der Waals surface area contributed by atoms with Gasteiger partial charge in [-0.1, -0.05) is 93.2 Å². The summed E-state index contributed by atoms with van der Waals surface area (Å²) < 4.78 is 64.2. The lowest BCUT2D eigenvalue weighted by Gasteiger charge is -2.55. The lowest BCUT2D eigenvalue weighted by atomic mass is 9.57. The van der Waals surface area contributed by atoms with Gasteiger partial charge in [0.15, 0.2) is 34.0 Å². The molecule has 0 aromatic heterocycles. The number of esters is 1. The van der Waals surface area contributed by atoms with Crippen molar-refractivity contribution in [2.75, 3.05) is 13.2 Å². The zero-order valence-corrected chi connectivity index (χ0v) is 52.0. The summed E-state index contributed by atoms with van der Waals surface area (Å²) in [7, 11) is -4.54. The molecule has 15 heteroatoms. The second-order valence-corrected chi connectivity index (χ2v) is 37.0. The van der Waals surface area contributed by atoms with Crippen molar-refractivity contribution in [2.45, 2.75) is 288 Å². The maximum Gasteiger partial charge on any atom is 0.407 e. The first-order valence-electron chi connectivity index (χ1n) is 29.9. The van der Waals surface area contributed by atoms with Crippen LogP contribution in [0, 0.1) is 29.1 Å². The molecule has 3 spiro atoms. The van der Waals surface area contributed by atoms with Crippen LogP contribution in [0.1, 0.15) is 193 Å². The molecule has 0 unspecified atom stereocenters. The first-order chi connectivity index (χ1) is 35.4. The molecule has 0 saturated carbocycles. The number of hydrogen-bond acceptors (Lipinski definition) is 12. The van der Waals surface area contributed by atoms with E-state index in [1.165, 1.54) is 0 Å². The Bertz CT molecular complexity index is 2120. The minimum absolute atomic E-state index is 0.0304. The monoisotopic (exact) mass is 1100 g/mol. The van der Waals surface area contributed by atoms with E-state index in [1.807, 2.05) is 20.8 Å². The van der Waals surface area contributed by atoms with Crippen molar-refractivity contribution in [3.63, 3.8) is 0 Å². The molecule has 432 valence electrons. The number of amides is 1. The molecule has 1 amide bonds. The number of ether oxygens (including phenoxy) is 7. The number of alkyl carbamates (subject to hydrolysis) is 1. The minimum Gasteiger partial charge on any atom is -0.457 e. The largest absolute Gasteiger partial charge is 0.457 e. The van der Waals surface area contributed by atoms with Gasteiger partial charge in [-0.05, 0) is 146 Å². The van der Waals surface area contributed by atoms with Gasteiger partial charge in [-0.2, -0.15) is 0 Å². The van der Waals surface area contributed by atoms with Crippen LogP contribution in [0.25, 0.3) is 0 Å². The van der Waals surface area contributed by atoms with Crippen molar-refractivity contribution < 1.29 is 56.4 Å². The fourth-order valence-electron chi connectivity index (χ4n) is 14.0. The van der Waals surface area contributed by atoms with Crippen LogP contribution in [0.3, 0.4) is 0 Å². The van der Waals surface area contributed by atoms with Gasteiger partial charge in [0.2, 0.25) is 0 Å². The Morgan fingerprint density at radius 2 is 1.55 bits per heavy atom. The number of carbonyl (C=O) groups is 3. The van der Waals surface area contributed by atoms with E-state index in [0.29, 0.717) is 82.7 Å². The van der Waals surface area contributed by atoms with Crippen LogP contribution in [0.15, 0.2) is 36.5 Å².